The molecule has 0 aliphatic rings. The highest BCUT2D eigenvalue weighted by molar-refractivity contribution is 7.45. The van der Waals surface area contributed by atoms with Gasteiger partial charge in [-0.3, -0.25) is 14.2 Å². The maximum Gasteiger partial charge on any atom is 0.306 e. The molecule has 0 spiro atoms. The lowest BCUT2D eigenvalue weighted by Gasteiger charge is -2.28. The van der Waals surface area contributed by atoms with Gasteiger partial charge in [-0.15, -0.1) is 0 Å². The van der Waals surface area contributed by atoms with Crippen LogP contribution in [-0.4, -0.2) is 70.0 Å². The summed E-state index contributed by atoms with van der Waals surface area (Å²) in [5.41, 5.74) is 0. The first-order chi connectivity index (χ1) is 46.0. The van der Waals surface area contributed by atoms with Crippen molar-refractivity contribution in [3.8, 4) is 0 Å². The number of quaternary nitrogens is 1. The van der Waals surface area contributed by atoms with Gasteiger partial charge in [0.2, 0.25) is 0 Å². The number of rotatable bonds is 62. The molecule has 0 aromatic heterocycles. The van der Waals surface area contributed by atoms with Gasteiger partial charge >= 0.3 is 11.9 Å². The second kappa shape index (κ2) is 71.1. The zero-order chi connectivity index (χ0) is 68.3. The summed E-state index contributed by atoms with van der Waals surface area (Å²) in [6.45, 7) is 3.90. The first-order valence-corrected chi connectivity index (χ1v) is 37.2. The van der Waals surface area contributed by atoms with E-state index >= 15 is 0 Å². The number of unbranched alkanes of at least 4 members (excludes halogenated alkanes) is 8. The number of esters is 2. The van der Waals surface area contributed by atoms with E-state index in [1.54, 1.807) is 0 Å². The predicted molar refractivity (Wildman–Crippen MR) is 405 cm³/mol. The molecule has 10 heteroatoms. The van der Waals surface area contributed by atoms with Crippen LogP contribution < -0.4 is 4.89 Å². The van der Waals surface area contributed by atoms with Crippen molar-refractivity contribution >= 4 is 19.8 Å². The maximum absolute atomic E-state index is 12.9. The predicted octanol–water partition coefficient (Wildman–Crippen LogP) is 23.3. The van der Waals surface area contributed by atoms with E-state index in [1.165, 1.54) is 0 Å². The van der Waals surface area contributed by atoms with E-state index in [-0.39, 0.29) is 26.1 Å². The Morgan fingerprint density at radius 2 is 0.574 bits per heavy atom. The van der Waals surface area contributed by atoms with E-state index in [1.807, 2.05) is 21.1 Å². The average molecular weight is 1310 g/mol. The Labute approximate surface area is 574 Å². The van der Waals surface area contributed by atoms with Gasteiger partial charge in [0.15, 0.2) is 6.10 Å². The number of hydrogen-bond acceptors (Lipinski definition) is 8. The molecule has 0 aliphatic carbocycles. The van der Waals surface area contributed by atoms with Crippen molar-refractivity contribution in [2.75, 3.05) is 47.5 Å². The molecule has 9 nitrogen and oxygen atoms in total. The van der Waals surface area contributed by atoms with Gasteiger partial charge in [0, 0.05) is 12.8 Å². The molecule has 0 bridgehead atoms. The van der Waals surface area contributed by atoms with Gasteiger partial charge in [-0.2, -0.15) is 0 Å². The van der Waals surface area contributed by atoms with Crippen molar-refractivity contribution in [2.24, 2.45) is 0 Å². The topological polar surface area (TPSA) is 111 Å². The van der Waals surface area contributed by atoms with Crippen molar-refractivity contribution in [1.29, 1.82) is 0 Å². The fourth-order valence-electron chi connectivity index (χ4n) is 8.47. The number of phosphoric ester groups is 1. The Hall–Kier alpha value is -6.19. The van der Waals surface area contributed by atoms with Crippen LogP contribution in [0.3, 0.4) is 0 Å². The van der Waals surface area contributed by atoms with Gasteiger partial charge in [0.05, 0.1) is 27.7 Å². The van der Waals surface area contributed by atoms with Gasteiger partial charge in [0.25, 0.3) is 7.82 Å². The summed E-state index contributed by atoms with van der Waals surface area (Å²) in [5.74, 6) is -0.924. The van der Waals surface area contributed by atoms with Gasteiger partial charge in [0.1, 0.15) is 19.8 Å². The monoisotopic (exact) mass is 1310 g/mol. The third-order valence-electron chi connectivity index (χ3n) is 13.9. The summed E-state index contributed by atoms with van der Waals surface area (Å²) >= 11 is 0. The highest BCUT2D eigenvalue weighted by atomic mass is 31.2. The van der Waals surface area contributed by atoms with Crippen LogP contribution in [-0.2, 0) is 32.7 Å². The molecule has 0 aliphatic heterocycles. The largest absolute Gasteiger partial charge is 0.756 e. The minimum atomic E-state index is -4.68. The highest BCUT2D eigenvalue weighted by Gasteiger charge is 2.22. The molecule has 0 saturated heterocycles. The Balaban J connectivity index is 4.28. The van der Waals surface area contributed by atoms with Gasteiger partial charge in [-0.25, -0.2) is 0 Å². The molecule has 2 atom stereocenters. The first kappa shape index (κ1) is 87.8. The Morgan fingerprint density at radius 1 is 0.330 bits per heavy atom. The van der Waals surface area contributed by atoms with Gasteiger partial charge in [-0.1, -0.05) is 283 Å². The number of ether oxygens (including phenoxy) is 2. The molecule has 0 saturated carbocycles. The molecule has 0 N–H and O–H groups in total. The number of allylic oxidation sites excluding steroid dienone is 40. The molecule has 94 heavy (non-hydrogen) atoms. The zero-order valence-electron chi connectivity index (χ0n) is 59.3. The quantitative estimate of drug-likeness (QED) is 0.0195. The second-order valence-electron chi connectivity index (χ2n) is 23.8. The Kier molecular flexibility index (Phi) is 66.4. The number of carbonyl (C=O) groups is 2. The van der Waals surface area contributed by atoms with Gasteiger partial charge < -0.3 is 27.9 Å². The van der Waals surface area contributed by atoms with E-state index in [4.69, 9.17) is 18.5 Å². The molecule has 0 amide bonds. The second-order valence-corrected chi connectivity index (χ2v) is 25.2. The van der Waals surface area contributed by atoms with E-state index < -0.39 is 32.5 Å². The Morgan fingerprint density at radius 3 is 0.872 bits per heavy atom. The van der Waals surface area contributed by atoms with Crippen LogP contribution in [0.5, 0.6) is 0 Å². The normalized spacial score (nSPS) is 14.6. The fourth-order valence-corrected chi connectivity index (χ4v) is 9.20. The lowest BCUT2D eigenvalue weighted by molar-refractivity contribution is -0.870. The number of nitrogens with zero attached hydrogens (tertiary/aromatic N) is 1. The molecule has 0 radical (unpaired) electrons. The minimum Gasteiger partial charge on any atom is -0.756 e. The molecule has 0 aromatic rings. The van der Waals surface area contributed by atoms with Crippen LogP contribution in [0.15, 0.2) is 243 Å². The van der Waals surface area contributed by atoms with Crippen molar-refractivity contribution in [3.05, 3.63) is 243 Å². The Bertz CT molecular complexity index is 2490. The summed E-state index contributed by atoms with van der Waals surface area (Å²) in [4.78, 5) is 38.1. The lowest BCUT2D eigenvalue weighted by atomic mass is 10.1. The summed E-state index contributed by atoms with van der Waals surface area (Å²) < 4.78 is 34.2. The average Bonchev–Trinajstić information content (AvgIpc) is 1.56. The third-order valence-corrected chi connectivity index (χ3v) is 14.8. The van der Waals surface area contributed by atoms with E-state index in [0.717, 1.165) is 180 Å². The zero-order valence-corrected chi connectivity index (χ0v) is 60.2. The molecule has 0 aromatic carbocycles. The SMILES string of the molecule is CC/C=C\C/C=C\C/C=C\C/C=C\C/C=C\C/C=C\C/C=C\C/C=C\C/C=C\C/C=C\CCCCCCCCC(=O)OC(COC(=O)CCCC/C=C\C/C=C\C/C=C\C/C=C\C/C=C\C/C=C\C/C=C\C/C=C\C/C=C\C/C=C\CC)COP(=O)([O-])OCC[N+](C)(C)C. The van der Waals surface area contributed by atoms with Crippen LogP contribution in [0.1, 0.15) is 219 Å². The fraction of sp³-hybridized carbons (Fsp3) is 0.500. The van der Waals surface area contributed by atoms with Gasteiger partial charge in [-0.05, 0) is 167 Å². The summed E-state index contributed by atoms with van der Waals surface area (Å²) in [6.07, 6.45) is 117. The highest BCUT2D eigenvalue weighted by Crippen LogP contribution is 2.38. The number of carbonyl (C=O) groups excluding carboxylic acids is 2. The first-order valence-electron chi connectivity index (χ1n) is 35.7. The standard InChI is InChI=1S/C84H128NO8P/c1-6-8-10-12-14-16-18-20-22-24-26-28-30-32-34-36-38-40-41-42-43-45-47-49-51-53-55-57-59-61-63-65-67-69-71-73-75-77-84(87)93-82(81-92-94(88,89)91-79-78-85(3,4)5)80-90-83(86)76-74-72-70-68-66-64-62-60-58-56-54-52-50-48-46-44-39-37-35-33-31-29-27-25-23-21-19-17-15-13-11-9-7-2/h8-11,14-17,20-23,26-29,32-35,38-40,42-44,47-50,53-56,59-62,66,68,82H,6-7,12-13,18-19,24-25,30-31,36-37,41,45-46,51-52,57-58,63-65,67,69-81H2,1-5H3/b10-8-,11-9-,16-14-,17-15-,22-20-,23-21-,28-26-,29-27-,34-32-,35-33-,40-38-,43-42-,44-39-,49-47-,50-48-,55-53-,56-54-,61-59-,62-60-,68-66-. The molecule has 522 valence electrons. The molecular formula is C84H128NO8P. The van der Waals surface area contributed by atoms with Crippen LogP contribution in [0.25, 0.3) is 0 Å². The van der Waals surface area contributed by atoms with Crippen molar-refractivity contribution in [1.82, 2.24) is 0 Å². The van der Waals surface area contributed by atoms with E-state index in [0.29, 0.717) is 23.9 Å². The molecule has 0 rings (SSSR count). The van der Waals surface area contributed by atoms with Crippen LogP contribution >= 0.6 is 7.82 Å². The van der Waals surface area contributed by atoms with E-state index in [2.05, 4.69) is 257 Å². The third kappa shape index (κ3) is 74.8. The summed E-state index contributed by atoms with van der Waals surface area (Å²) in [6, 6.07) is 0. The van der Waals surface area contributed by atoms with Crippen LogP contribution in [0.2, 0.25) is 0 Å². The van der Waals surface area contributed by atoms with Crippen LogP contribution in [0.4, 0.5) is 0 Å². The minimum absolute atomic E-state index is 0.0559. The number of phosphoric acid groups is 1. The van der Waals surface area contributed by atoms with Crippen molar-refractivity contribution in [2.45, 2.75) is 225 Å². The van der Waals surface area contributed by atoms with Crippen molar-refractivity contribution < 1.29 is 42.1 Å². The van der Waals surface area contributed by atoms with Crippen LogP contribution in [0, 0.1) is 0 Å². The molecular weight excluding hydrogens is 1180 g/mol. The summed E-state index contributed by atoms with van der Waals surface area (Å²) in [5, 5.41) is 0. The maximum atomic E-state index is 12.9. The number of likely N-dealkylation sites (N-methyl/N-ethyl adjacent to an activating group) is 1. The molecule has 2 unspecified atom stereocenters. The van der Waals surface area contributed by atoms with E-state index in [9.17, 15) is 19.0 Å². The smallest absolute Gasteiger partial charge is 0.306 e. The molecule has 0 fully saturated rings. The summed E-state index contributed by atoms with van der Waals surface area (Å²) in [7, 11) is 1.09. The lowest BCUT2D eigenvalue weighted by Crippen LogP contribution is -2.37. The van der Waals surface area contributed by atoms with Crippen molar-refractivity contribution in [3.63, 3.8) is 0 Å². The molecule has 0 heterocycles. The number of hydrogen-bond donors (Lipinski definition) is 0.